The van der Waals surface area contributed by atoms with Crippen molar-refractivity contribution in [3.05, 3.63) is 35.7 Å². The highest BCUT2D eigenvalue weighted by Gasteiger charge is 2.16. The number of halogens is 2. The zero-order chi connectivity index (χ0) is 12.4. The highest BCUT2D eigenvalue weighted by atomic mass is 19.2. The number of hydrogen-bond donors (Lipinski definition) is 2. The van der Waals surface area contributed by atoms with Gasteiger partial charge in [-0.1, -0.05) is 5.16 Å². The summed E-state index contributed by atoms with van der Waals surface area (Å²) >= 11 is 0. The van der Waals surface area contributed by atoms with E-state index >= 15 is 0 Å². The summed E-state index contributed by atoms with van der Waals surface area (Å²) in [4.78, 5) is 3.83. The molecule has 1 heterocycles. The van der Waals surface area contributed by atoms with E-state index < -0.39 is 17.7 Å². The Kier molecular flexibility index (Phi) is 3.12. The molecule has 2 aromatic rings. The lowest BCUT2D eigenvalue weighted by Gasteiger charge is -1.98. The summed E-state index contributed by atoms with van der Waals surface area (Å²) in [6, 6.07) is 3.21. The van der Waals surface area contributed by atoms with Crippen LogP contribution in [0, 0.1) is 11.6 Å². The van der Waals surface area contributed by atoms with Crippen molar-refractivity contribution in [3.8, 4) is 11.4 Å². The van der Waals surface area contributed by atoms with Crippen molar-refractivity contribution >= 4 is 0 Å². The quantitative estimate of drug-likeness (QED) is 0.837. The summed E-state index contributed by atoms with van der Waals surface area (Å²) < 4.78 is 30.4. The molecule has 0 saturated carbocycles. The van der Waals surface area contributed by atoms with Crippen LogP contribution in [0.15, 0.2) is 22.7 Å². The molecule has 90 valence electrons. The van der Waals surface area contributed by atoms with Gasteiger partial charge in [0, 0.05) is 12.1 Å². The van der Waals surface area contributed by atoms with Gasteiger partial charge in [-0.2, -0.15) is 4.98 Å². The summed E-state index contributed by atoms with van der Waals surface area (Å²) in [5.74, 6) is -1.97. The van der Waals surface area contributed by atoms with Gasteiger partial charge >= 0.3 is 0 Å². The van der Waals surface area contributed by atoms with E-state index in [0.29, 0.717) is 0 Å². The SMILES string of the molecule is NC[C@H](O)c1nc(-c2ccc(F)c(F)c2)no1. The van der Waals surface area contributed by atoms with Crippen molar-refractivity contribution in [2.75, 3.05) is 6.54 Å². The first-order chi connectivity index (χ1) is 8.11. The average molecular weight is 241 g/mol. The predicted molar refractivity (Wildman–Crippen MR) is 53.7 cm³/mol. The van der Waals surface area contributed by atoms with Gasteiger partial charge in [0.2, 0.25) is 5.82 Å². The largest absolute Gasteiger partial charge is 0.382 e. The Bertz CT molecular complexity index is 530. The van der Waals surface area contributed by atoms with Crippen LogP contribution in [0.2, 0.25) is 0 Å². The van der Waals surface area contributed by atoms with Crippen LogP contribution in [0.3, 0.4) is 0 Å². The van der Waals surface area contributed by atoms with Gasteiger partial charge in [-0.25, -0.2) is 8.78 Å². The van der Waals surface area contributed by atoms with Gasteiger partial charge in [0.25, 0.3) is 5.89 Å². The fraction of sp³-hybridized carbons (Fsp3) is 0.200. The highest BCUT2D eigenvalue weighted by molar-refractivity contribution is 5.54. The fourth-order valence-electron chi connectivity index (χ4n) is 1.22. The van der Waals surface area contributed by atoms with E-state index in [1.165, 1.54) is 6.07 Å². The van der Waals surface area contributed by atoms with E-state index in [-0.39, 0.29) is 23.8 Å². The maximum absolute atomic E-state index is 13.0. The molecular formula is C10H9F2N3O2. The Hall–Kier alpha value is -1.86. The molecule has 1 atom stereocenters. The Morgan fingerprint density at radius 2 is 2.12 bits per heavy atom. The second-order valence-corrected chi connectivity index (χ2v) is 3.34. The molecule has 0 saturated heterocycles. The first-order valence-corrected chi connectivity index (χ1v) is 4.79. The molecular weight excluding hydrogens is 232 g/mol. The highest BCUT2D eigenvalue weighted by Crippen LogP contribution is 2.20. The fourth-order valence-corrected chi connectivity index (χ4v) is 1.22. The first-order valence-electron chi connectivity index (χ1n) is 4.79. The van der Waals surface area contributed by atoms with Crippen molar-refractivity contribution in [1.29, 1.82) is 0 Å². The van der Waals surface area contributed by atoms with Crippen molar-refractivity contribution in [2.45, 2.75) is 6.10 Å². The lowest BCUT2D eigenvalue weighted by molar-refractivity contribution is 0.141. The smallest absolute Gasteiger partial charge is 0.257 e. The molecule has 0 radical (unpaired) electrons. The topological polar surface area (TPSA) is 85.2 Å². The Morgan fingerprint density at radius 1 is 1.35 bits per heavy atom. The van der Waals surface area contributed by atoms with Crippen molar-refractivity contribution in [1.82, 2.24) is 10.1 Å². The van der Waals surface area contributed by atoms with E-state index in [4.69, 9.17) is 10.3 Å². The zero-order valence-electron chi connectivity index (χ0n) is 8.60. The number of nitrogens with zero attached hydrogens (tertiary/aromatic N) is 2. The minimum absolute atomic E-state index is 0.0615. The molecule has 0 unspecified atom stereocenters. The van der Waals surface area contributed by atoms with E-state index in [9.17, 15) is 13.9 Å². The summed E-state index contributed by atoms with van der Waals surface area (Å²) in [6.07, 6.45) is -1.07. The van der Waals surface area contributed by atoms with Crippen LogP contribution in [0.25, 0.3) is 11.4 Å². The number of hydrogen-bond acceptors (Lipinski definition) is 5. The van der Waals surface area contributed by atoms with Gasteiger partial charge in [0.15, 0.2) is 11.6 Å². The molecule has 17 heavy (non-hydrogen) atoms. The third-order valence-electron chi connectivity index (χ3n) is 2.13. The molecule has 7 heteroatoms. The van der Waals surface area contributed by atoms with Crippen LogP contribution in [0.1, 0.15) is 12.0 Å². The maximum Gasteiger partial charge on any atom is 0.257 e. The minimum atomic E-state index is -1.07. The average Bonchev–Trinajstić information content (AvgIpc) is 2.81. The van der Waals surface area contributed by atoms with Gasteiger partial charge in [-0.05, 0) is 18.2 Å². The number of aliphatic hydroxyl groups is 1. The standard InChI is InChI=1S/C10H9F2N3O2/c11-6-2-1-5(3-7(6)12)9-14-10(17-15-9)8(16)4-13/h1-3,8,16H,4,13H2/t8-/m0/s1. The van der Waals surface area contributed by atoms with Gasteiger partial charge in [-0.3, -0.25) is 0 Å². The molecule has 0 amide bonds. The van der Waals surface area contributed by atoms with Crippen LogP contribution in [0.5, 0.6) is 0 Å². The second-order valence-electron chi connectivity index (χ2n) is 3.34. The van der Waals surface area contributed by atoms with Gasteiger partial charge in [-0.15, -0.1) is 0 Å². The number of rotatable bonds is 3. The van der Waals surface area contributed by atoms with E-state index in [1.807, 2.05) is 0 Å². The number of benzene rings is 1. The number of aliphatic hydroxyl groups excluding tert-OH is 1. The van der Waals surface area contributed by atoms with Gasteiger partial charge in [0.05, 0.1) is 0 Å². The van der Waals surface area contributed by atoms with Gasteiger partial charge < -0.3 is 15.4 Å². The maximum atomic E-state index is 13.0. The third-order valence-corrected chi connectivity index (χ3v) is 2.13. The lowest BCUT2D eigenvalue weighted by Crippen LogP contribution is -2.11. The van der Waals surface area contributed by atoms with Crippen LogP contribution in [0.4, 0.5) is 8.78 Å². The summed E-state index contributed by atoms with van der Waals surface area (Å²) in [5.41, 5.74) is 5.46. The first kappa shape index (κ1) is 11.6. The second kappa shape index (κ2) is 4.56. The van der Waals surface area contributed by atoms with Crippen LogP contribution in [-0.4, -0.2) is 21.8 Å². The van der Waals surface area contributed by atoms with E-state index in [2.05, 4.69) is 10.1 Å². The van der Waals surface area contributed by atoms with Crippen molar-refractivity contribution < 1.29 is 18.4 Å². The third kappa shape index (κ3) is 2.29. The van der Waals surface area contributed by atoms with Crippen molar-refractivity contribution in [3.63, 3.8) is 0 Å². The van der Waals surface area contributed by atoms with Crippen LogP contribution in [-0.2, 0) is 0 Å². The summed E-state index contributed by atoms with van der Waals surface area (Å²) in [7, 11) is 0. The van der Waals surface area contributed by atoms with Gasteiger partial charge in [0.1, 0.15) is 6.10 Å². The summed E-state index contributed by atoms with van der Waals surface area (Å²) in [5, 5.41) is 12.9. The Morgan fingerprint density at radius 3 is 2.76 bits per heavy atom. The number of aromatic nitrogens is 2. The molecule has 3 N–H and O–H groups in total. The van der Waals surface area contributed by atoms with E-state index in [0.717, 1.165) is 12.1 Å². The number of nitrogens with two attached hydrogens (primary N) is 1. The van der Waals surface area contributed by atoms with Crippen LogP contribution < -0.4 is 5.73 Å². The Labute approximate surface area is 94.9 Å². The van der Waals surface area contributed by atoms with Crippen molar-refractivity contribution in [2.24, 2.45) is 5.73 Å². The van der Waals surface area contributed by atoms with Crippen LogP contribution >= 0.6 is 0 Å². The molecule has 2 rings (SSSR count). The molecule has 1 aromatic carbocycles. The summed E-state index contributed by atoms with van der Waals surface area (Å²) in [6.45, 7) is -0.0700. The minimum Gasteiger partial charge on any atom is -0.382 e. The molecule has 1 aromatic heterocycles. The molecule has 5 nitrogen and oxygen atoms in total. The normalized spacial score (nSPS) is 12.7. The molecule has 0 bridgehead atoms. The molecule has 0 fully saturated rings. The predicted octanol–water partition coefficient (Wildman–Crippen LogP) is 1.01. The van der Waals surface area contributed by atoms with E-state index in [1.54, 1.807) is 0 Å². The molecule has 0 aliphatic heterocycles. The molecule has 0 aliphatic rings. The monoisotopic (exact) mass is 241 g/mol. The zero-order valence-corrected chi connectivity index (χ0v) is 8.60. The Balaban J connectivity index is 2.33. The molecule has 0 aliphatic carbocycles. The lowest BCUT2D eigenvalue weighted by atomic mass is 10.2. The molecule has 0 spiro atoms.